The van der Waals surface area contributed by atoms with Crippen molar-refractivity contribution < 1.29 is 14.3 Å². The number of fused-ring (bicyclic) bond motifs is 2. The second-order valence-corrected chi connectivity index (χ2v) is 5.32. The van der Waals surface area contributed by atoms with Crippen LogP contribution >= 0.6 is 0 Å². The van der Waals surface area contributed by atoms with Gasteiger partial charge in [-0.15, -0.1) is 0 Å². The number of carbonyl (C=O) groups is 1. The van der Waals surface area contributed by atoms with E-state index in [1.54, 1.807) is 11.9 Å². The molecule has 1 saturated heterocycles. The van der Waals surface area contributed by atoms with Crippen molar-refractivity contribution >= 4 is 11.6 Å². The molecule has 0 bridgehead atoms. The first kappa shape index (κ1) is 11.2. The maximum Gasteiger partial charge on any atom is 0.267 e. The molecule has 0 saturated carbocycles. The third-order valence-electron chi connectivity index (χ3n) is 4.21. The van der Waals surface area contributed by atoms with E-state index in [0.29, 0.717) is 6.61 Å². The fourth-order valence-corrected chi connectivity index (χ4v) is 3.25. The lowest BCUT2D eigenvalue weighted by atomic mass is 9.96. The van der Waals surface area contributed by atoms with Crippen LogP contribution in [0.5, 0.6) is 0 Å². The smallest absolute Gasteiger partial charge is 0.267 e. The second kappa shape index (κ2) is 3.46. The number of carbonyl (C=O) groups excluding carboxylic acids is 1. The summed E-state index contributed by atoms with van der Waals surface area (Å²) < 4.78 is 11.8. The first-order chi connectivity index (χ1) is 9.17. The first-order valence-electron chi connectivity index (χ1n) is 6.59. The monoisotopic (exact) mass is 257 g/mol. The summed E-state index contributed by atoms with van der Waals surface area (Å²) in [6.45, 7) is 0.687. The molecule has 2 unspecified atom stereocenters. The zero-order valence-electron chi connectivity index (χ0n) is 10.8. The van der Waals surface area contributed by atoms with Crippen LogP contribution in [0.2, 0.25) is 0 Å². The van der Waals surface area contributed by atoms with Crippen LogP contribution in [0.4, 0.5) is 5.69 Å². The minimum atomic E-state index is -0.990. The van der Waals surface area contributed by atoms with E-state index in [4.69, 9.17) is 9.47 Å². The Labute approximate surface area is 111 Å². The number of amides is 1. The highest BCUT2D eigenvalue weighted by molar-refractivity contribution is 6.08. The minimum absolute atomic E-state index is 0.0441. The van der Waals surface area contributed by atoms with Gasteiger partial charge in [0, 0.05) is 19.0 Å². The lowest BCUT2D eigenvalue weighted by Crippen LogP contribution is -2.42. The number of likely N-dealkylation sites (N-methyl/N-ethyl adjacent to an activating group) is 1. The third kappa shape index (κ3) is 1.28. The highest BCUT2D eigenvalue weighted by Crippen LogP contribution is 2.51. The summed E-state index contributed by atoms with van der Waals surface area (Å²) in [5.41, 5.74) is 0.827. The van der Waals surface area contributed by atoms with Crippen molar-refractivity contribution in [2.45, 2.75) is 24.2 Å². The van der Waals surface area contributed by atoms with Crippen LogP contribution in [0.3, 0.4) is 0 Å². The van der Waals surface area contributed by atoms with E-state index < -0.39 is 11.4 Å². The molecule has 0 radical (unpaired) electrons. The highest BCUT2D eigenvalue weighted by Gasteiger charge is 2.57. The summed E-state index contributed by atoms with van der Waals surface area (Å²) >= 11 is 0. The van der Waals surface area contributed by atoms with Crippen molar-refractivity contribution in [2.24, 2.45) is 0 Å². The molecule has 2 atom stereocenters. The quantitative estimate of drug-likeness (QED) is 0.667. The molecule has 2 spiro atoms. The summed E-state index contributed by atoms with van der Waals surface area (Å²) in [6.07, 6.45) is 5.55. The minimum Gasteiger partial charge on any atom is -0.346 e. The van der Waals surface area contributed by atoms with Gasteiger partial charge < -0.3 is 14.4 Å². The van der Waals surface area contributed by atoms with Crippen LogP contribution in [0, 0.1) is 0 Å². The van der Waals surface area contributed by atoms with Gasteiger partial charge >= 0.3 is 0 Å². The van der Waals surface area contributed by atoms with Crippen LogP contribution < -0.4 is 4.90 Å². The van der Waals surface area contributed by atoms with Gasteiger partial charge in [-0.05, 0) is 24.6 Å². The zero-order chi connectivity index (χ0) is 13.1. The number of ether oxygens (including phenoxy) is 2. The molecule has 0 N–H and O–H groups in total. The van der Waals surface area contributed by atoms with Gasteiger partial charge in [-0.2, -0.15) is 0 Å². The fourth-order valence-electron chi connectivity index (χ4n) is 3.25. The molecule has 3 aliphatic rings. The van der Waals surface area contributed by atoms with Gasteiger partial charge in [-0.1, -0.05) is 18.2 Å². The lowest BCUT2D eigenvalue weighted by Gasteiger charge is -2.28. The Kier molecular flexibility index (Phi) is 2.04. The Morgan fingerprint density at radius 1 is 1.26 bits per heavy atom. The molecular weight excluding hydrogens is 242 g/mol. The van der Waals surface area contributed by atoms with Gasteiger partial charge in [0.2, 0.25) is 0 Å². The normalized spacial score (nSPS) is 35.8. The molecule has 0 aromatic heterocycles. The molecule has 1 aromatic carbocycles. The van der Waals surface area contributed by atoms with Crippen molar-refractivity contribution in [3.05, 3.63) is 42.0 Å². The van der Waals surface area contributed by atoms with Crippen molar-refractivity contribution in [3.63, 3.8) is 0 Å². The Hall–Kier alpha value is -1.65. The summed E-state index contributed by atoms with van der Waals surface area (Å²) in [6, 6.07) is 7.77. The molecule has 4 rings (SSSR count). The van der Waals surface area contributed by atoms with E-state index in [-0.39, 0.29) is 5.91 Å². The molecular formula is C15H15NO3. The average Bonchev–Trinajstić information content (AvgIpc) is 3.10. The molecule has 4 heteroatoms. The number of para-hydroxylation sites is 1. The predicted octanol–water partition coefficient (Wildman–Crippen LogP) is 1.95. The molecule has 1 amide bonds. The van der Waals surface area contributed by atoms with Crippen molar-refractivity contribution in [2.75, 3.05) is 18.6 Å². The van der Waals surface area contributed by atoms with Crippen LogP contribution in [-0.2, 0) is 19.9 Å². The summed E-state index contributed by atoms with van der Waals surface area (Å²) in [5, 5.41) is 0. The van der Waals surface area contributed by atoms with Crippen LogP contribution in [0.15, 0.2) is 36.4 Å². The molecule has 3 aliphatic heterocycles. The number of nitrogens with zero attached hydrogens (tertiary/aromatic N) is 1. The second-order valence-electron chi connectivity index (χ2n) is 5.32. The third-order valence-corrected chi connectivity index (χ3v) is 4.21. The van der Waals surface area contributed by atoms with E-state index in [2.05, 4.69) is 0 Å². The van der Waals surface area contributed by atoms with Crippen molar-refractivity contribution in [1.29, 1.82) is 0 Å². The zero-order valence-corrected chi connectivity index (χ0v) is 10.8. The van der Waals surface area contributed by atoms with Gasteiger partial charge in [-0.25, -0.2) is 0 Å². The molecule has 4 nitrogen and oxygen atoms in total. The first-order valence-corrected chi connectivity index (χ1v) is 6.59. The van der Waals surface area contributed by atoms with Crippen molar-refractivity contribution in [3.8, 4) is 0 Å². The predicted molar refractivity (Wildman–Crippen MR) is 69.7 cm³/mol. The topological polar surface area (TPSA) is 38.8 Å². The van der Waals surface area contributed by atoms with Gasteiger partial charge in [-0.3, -0.25) is 4.79 Å². The molecule has 0 aliphatic carbocycles. The van der Waals surface area contributed by atoms with Gasteiger partial charge in [0.15, 0.2) is 11.4 Å². The number of hydrogen-bond donors (Lipinski definition) is 0. The number of rotatable bonds is 0. The Balaban J connectivity index is 1.84. The van der Waals surface area contributed by atoms with E-state index >= 15 is 0 Å². The Bertz CT molecular complexity index is 589. The number of hydrogen-bond acceptors (Lipinski definition) is 3. The standard InChI is InChI=1S/C15H15NO3/c1-16-12-6-3-2-5-11(12)15(13(16)17)9-8-14(19-15)7-4-10-18-14/h2-3,5-6,8-9H,4,7,10H2,1H3. The van der Waals surface area contributed by atoms with Gasteiger partial charge in [0.05, 0.1) is 12.3 Å². The maximum atomic E-state index is 12.6. The number of benzene rings is 1. The average molecular weight is 257 g/mol. The van der Waals surface area contributed by atoms with Crippen LogP contribution in [0.25, 0.3) is 0 Å². The SMILES string of the molecule is CN1C(=O)C2(C=CC3(CCCO3)O2)c2ccccc21. The summed E-state index contributed by atoms with van der Waals surface area (Å²) in [5.74, 6) is -0.745. The number of anilines is 1. The van der Waals surface area contributed by atoms with Crippen LogP contribution in [0.1, 0.15) is 18.4 Å². The highest BCUT2D eigenvalue weighted by atomic mass is 16.7. The lowest BCUT2D eigenvalue weighted by molar-refractivity contribution is -0.213. The summed E-state index contributed by atoms with van der Waals surface area (Å²) in [7, 11) is 1.79. The largest absolute Gasteiger partial charge is 0.346 e. The van der Waals surface area contributed by atoms with E-state index in [0.717, 1.165) is 24.1 Å². The fraction of sp³-hybridized carbons (Fsp3) is 0.400. The van der Waals surface area contributed by atoms with E-state index in [1.165, 1.54) is 0 Å². The molecule has 98 valence electrons. The molecule has 3 heterocycles. The molecule has 1 fully saturated rings. The van der Waals surface area contributed by atoms with Crippen molar-refractivity contribution in [1.82, 2.24) is 0 Å². The summed E-state index contributed by atoms with van der Waals surface area (Å²) in [4.78, 5) is 14.3. The van der Waals surface area contributed by atoms with Crippen LogP contribution in [-0.4, -0.2) is 25.3 Å². The molecule has 1 aromatic rings. The van der Waals surface area contributed by atoms with Gasteiger partial charge in [0.25, 0.3) is 5.91 Å². The maximum absolute atomic E-state index is 12.6. The van der Waals surface area contributed by atoms with E-state index in [9.17, 15) is 4.79 Å². The van der Waals surface area contributed by atoms with E-state index in [1.807, 2.05) is 36.4 Å². The Morgan fingerprint density at radius 2 is 2.11 bits per heavy atom. The van der Waals surface area contributed by atoms with Gasteiger partial charge in [0.1, 0.15) is 0 Å². The molecule has 19 heavy (non-hydrogen) atoms. The Morgan fingerprint density at radius 3 is 2.89 bits per heavy atom.